The Hall–Kier alpha value is -2.41. The van der Waals surface area contributed by atoms with Crippen LogP contribution in [0.15, 0.2) is 42.5 Å². The molecule has 1 N–H and O–H groups in total. The normalized spacial score (nSPS) is 20.7. The number of rotatable bonds is 15. The van der Waals surface area contributed by atoms with Crippen molar-refractivity contribution in [3.05, 3.63) is 48.0 Å². The molecule has 0 saturated heterocycles. The number of aliphatic hydroxyl groups is 1. The molecule has 7 heteroatoms. The average molecular weight is 479 g/mol. The number of carbonyl (C=O) groups excluding carboxylic acids is 3. The van der Waals surface area contributed by atoms with Gasteiger partial charge in [0.15, 0.2) is 0 Å². The zero-order valence-electron chi connectivity index (χ0n) is 19.9. The predicted octanol–water partition coefficient (Wildman–Crippen LogP) is 5.59. The van der Waals surface area contributed by atoms with Gasteiger partial charge in [0.1, 0.15) is 12.4 Å². The number of esters is 1. The molecule has 0 spiro atoms. The summed E-state index contributed by atoms with van der Waals surface area (Å²) in [6, 6.07) is 9.43. The van der Waals surface area contributed by atoms with Crippen LogP contribution in [-0.2, 0) is 25.7 Å². The van der Waals surface area contributed by atoms with Crippen LogP contribution < -0.4 is 0 Å². The van der Waals surface area contributed by atoms with E-state index in [0.29, 0.717) is 25.7 Å². The molecular formula is C27H36F2O5. The quantitative estimate of drug-likeness (QED) is 0.202. The number of unbranched alkanes of at least 4 members (excludes halogenated alkanes) is 2. The molecule has 1 aromatic carbocycles. The Morgan fingerprint density at radius 2 is 1.88 bits per heavy atom. The van der Waals surface area contributed by atoms with E-state index in [0.717, 1.165) is 5.56 Å². The van der Waals surface area contributed by atoms with Gasteiger partial charge in [-0.3, -0.25) is 14.4 Å². The smallest absolute Gasteiger partial charge is 0.306 e. The minimum Gasteiger partial charge on any atom is -0.461 e. The lowest BCUT2D eigenvalue weighted by Gasteiger charge is -2.21. The van der Waals surface area contributed by atoms with E-state index >= 15 is 0 Å². The maximum absolute atomic E-state index is 13.9. The van der Waals surface area contributed by atoms with Gasteiger partial charge in [-0.25, -0.2) is 0 Å². The lowest BCUT2D eigenvalue weighted by molar-refractivity contribution is -0.145. The first-order chi connectivity index (χ1) is 16.2. The van der Waals surface area contributed by atoms with E-state index in [2.05, 4.69) is 0 Å². The van der Waals surface area contributed by atoms with Gasteiger partial charge in [0.25, 0.3) is 0 Å². The second kappa shape index (κ2) is 14.1. The van der Waals surface area contributed by atoms with Gasteiger partial charge in [0, 0.05) is 31.6 Å². The lowest BCUT2D eigenvalue weighted by atomic mass is 9.86. The monoisotopic (exact) mass is 478 g/mol. The molecule has 34 heavy (non-hydrogen) atoms. The van der Waals surface area contributed by atoms with Crippen molar-refractivity contribution in [2.75, 3.05) is 0 Å². The SMILES string of the molecule is CCCCC(F)(F)C(=O)CCC1C(O)CC(=O)C1CC=CCCCC(=O)OCc1ccccc1. The number of aliphatic hydroxyl groups excluding tert-OH is 1. The number of halogens is 2. The van der Waals surface area contributed by atoms with Crippen LogP contribution in [0.25, 0.3) is 0 Å². The molecule has 0 amide bonds. The van der Waals surface area contributed by atoms with E-state index in [-0.39, 0.29) is 50.5 Å². The summed E-state index contributed by atoms with van der Waals surface area (Å²) in [5.74, 6) is -5.79. The third-order valence-electron chi connectivity index (χ3n) is 6.34. The average Bonchev–Trinajstić information content (AvgIpc) is 3.09. The Balaban J connectivity index is 1.71. The zero-order valence-corrected chi connectivity index (χ0v) is 19.9. The van der Waals surface area contributed by atoms with Gasteiger partial charge in [-0.05, 0) is 43.6 Å². The molecule has 5 nitrogen and oxygen atoms in total. The van der Waals surface area contributed by atoms with Crippen molar-refractivity contribution < 1.29 is 33.0 Å². The van der Waals surface area contributed by atoms with Crippen LogP contribution >= 0.6 is 0 Å². The Bertz CT molecular complexity index is 822. The minimum atomic E-state index is -3.35. The molecule has 0 aliphatic heterocycles. The topological polar surface area (TPSA) is 80.7 Å². The lowest BCUT2D eigenvalue weighted by Crippen LogP contribution is -2.30. The van der Waals surface area contributed by atoms with Gasteiger partial charge < -0.3 is 9.84 Å². The summed E-state index contributed by atoms with van der Waals surface area (Å²) >= 11 is 0. The first kappa shape index (κ1) is 27.8. The highest BCUT2D eigenvalue weighted by Gasteiger charge is 2.43. The standard InChI is InChI=1S/C27H36F2O5/c1-2-3-17-27(28,29)25(32)16-15-22-21(23(30)18-24(22)31)13-9-4-5-10-14-26(33)34-19-20-11-7-6-8-12-20/h4,6-9,11-12,21-22,24,31H,2-3,5,10,13-19H2,1H3. The van der Waals surface area contributed by atoms with E-state index in [1.165, 1.54) is 0 Å². The van der Waals surface area contributed by atoms with Crippen molar-refractivity contribution in [1.82, 2.24) is 0 Å². The second-order valence-corrected chi connectivity index (χ2v) is 9.02. The molecule has 0 heterocycles. The van der Waals surface area contributed by atoms with Gasteiger partial charge in [-0.15, -0.1) is 0 Å². The fraction of sp³-hybridized carbons (Fsp3) is 0.593. The Morgan fingerprint density at radius 1 is 1.15 bits per heavy atom. The van der Waals surface area contributed by atoms with Crippen molar-refractivity contribution in [2.45, 2.75) is 89.8 Å². The number of Topliss-reactive ketones (excluding diaryl/α,β-unsaturated/α-hetero) is 2. The summed E-state index contributed by atoms with van der Waals surface area (Å²) in [5, 5.41) is 10.2. The maximum Gasteiger partial charge on any atom is 0.306 e. The molecule has 0 aromatic heterocycles. The van der Waals surface area contributed by atoms with Crippen LogP contribution in [-0.4, -0.2) is 34.7 Å². The molecule has 3 atom stereocenters. The van der Waals surface area contributed by atoms with Gasteiger partial charge in [-0.1, -0.05) is 55.8 Å². The number of ether oxygens (including phenoxy) is 1. The van der Waals surface area contributed by atoms with Crippen LogP contribution in [0.2, 0.25) is 0 Å². The van der Waals surface area contributed by atoms with E-state index in [1.54, 1.807) is 6.92 Å². The number of carbonyl (C=O) groups is 3. The zero-order chi connectivity index (χ0) is 25.0. The molecule has 1 aliphatic rings. The van der Waals surface area contributed by atoms with Crippen LogP contribution in [0, 0.1) is 11.8 Å². The van der Waals surface area contributed by atoms with Crippen molar-refractivity contribution in [3.63, 3.8) is 0 Å². The highest BCUT2D eigenvalue weighted by molar-refractivity contribution is 5.86. The highest BCUT2D eigenvalue weighted by atomic mass is 19.3. The highest BCUT2D eigenvalue weighted by Crippen LogP contribution is 2.36. The Labute approximate surface area is 200 Å². The number of ketones is 2. The first-order valence-corrected chi connectivity index (χ1v) is 12.2. The summed E-state index contributed by atoms with van der Waals surface area (Å²) in [5.41, 5.74) is 0.931. The van der Waals surface area contributed by atoms with E-state index in [1.807, 2.05) is 42.5 Å². The number of hydrogen-bond acceptors (Lipinski definition) is 5. The molecule has 3 unspecified atom stereocenters. The molecule has 1 fully saturated rings. The summed E-state index contributed by atoms with van der Waals surface area (Å²) in [7, 11) is 0. The van der Waals surface area contributed by atoms with Crippen molar-refractivity contribution in [2.24, 2.45) is 11.8 Å². The molecular weight excluding hydrogens is 442 g/mol. The number of hydrogen-bond donors (Lipinski definition) is 1. The maximum atomic E-state index is 13.9. The van der Waals surface area contributed by atoms with Crippen LogP contribution in [0.1, 0.15) is 76.7 Å². The van der Waals surface area contributed by atoms with Crippen LogP contribution in [0.5, 0.6) is 0 Å². The van der Waals surface area contributed by atoms with E-state index in [4.69, 9.17) is 4.74 Å². The molecule has 2 rings (SSSR count). The fourth-order valence-electron chi connectivity index (χ4n) is 4.27. The number of benzene rings is 1. The number of alkyl halides is 2. The van der Waals surface area contributed by atoms with Gasteiger partial charge in [0.2, 0.25) is 5.78 Å². The minimum absolute atomic E-state index is 0.00313. The van der Waals surface area contributed by atoms with E-state index < -0.39 is 36.1 Å². The third kappa shape index (κ3) is 9.09. The first-order valence-electron chi connectivity index (χ1n) is 12.2. The largest absolute Gasteiger partial charge is 0.461 e. The second-order valence-electron chi connectivity index (χ2n) is 9.02. The molecule has 188 valence electrons. The third-order valence-corrected chi connectivity index (χ3v) is 6.34. The van der Waals surface area contributed by atoms with Gasteiger partial charge in [-0.2, -0.15) is 8.78 Å². The summed E-state index contributed by atoms with van der Waals surface area (Å²) < 4.78 is 33.1. The Morgan fingerprint density at radius 3 is 2.59 bits per heavy atom. The van der Waals surface area contributed by atoms with Crippen LogP contribution in [0.3, 0.4) is 0 Å². The predicted molar refractivity (Wildman–Crippen MR) is 125 cm³/mol. The van der Waals surface area contributed by atoms with Gasteiger partial charge in [0.05, 0.1) is 6.10 Å². The van der Waals surface area contributed by atoms with E-state index in [9.17, 15) is 28.3 Å². The van der Waals surface area contributed by atoms with Crippen molar-refractivity contribution >= 4 is 17.5 Å². The summed E-state index contributed by atoms with van der Waals surface area (Å²) in [6.45, 7) is 2.03. The molecule has 1 aliphatic carbocycles. The molecule has 1 saturated carbocycles. The van der Waals surface area contributed by atoms with Crippen LogP contribution in [0.4, 0.5) is 8.78 Å². The molecule has 0 bridgehead atoms. The van der Waals surface area contributed by atoms with Crippen molar-refractivity contribution in [1.29, 1.82) is 0 Å². The summed E-state index contributed by atoms with van der Waals surface area (Å²) in [6.07, 6.45) is 4.88. The molecule has 0 radical (unpaired) electrons. The number of allylic oxidation sites excluding steroid dienone is 2. The van der Waals surface area contributed by atoms with Gasteiger partial charge >= 0.3 is 11.9 Å². The summed E-state index contributed by atoms with van der Waals surface area (Å²) in [4.78, 5) is 36.1. The molecule has 1 aromatic rings. The fourth-order valence-corrected chi connectivity index (χ4v) is 4.27. The Kier molecular flexibility index (Phi) is 11.5. The van der Waals surface area contributed by atoms with Crippen molar-refractivity contribution in [3.8, 4) is 0 Å².